The molecule has 4 nitrogen and oxygen atoms in total. The molecule has 0 bridgehead atoms. The Morgan fingerprint density at radius 3 is 1.60 bits per heavy atom. The van der Waals surface area contributed by atoms with Gasteiger partial charge in [-0.2, -0.15) is 0 Å². The zero-order valence-electron chi connectivity index (χ0n) is 16.4. The number of hydrogen-bond donors (Lipinski definition) is 1. The normalized spacial score (nSPS) is 10.8. The van der Waals surface area contributed by atoms with Gasteiger partial charge in [0.05, 0.1) is 6.61 Å². The maximum atomic E-state index is 11.6. The van der Waals surface area contributed by atoms with Crippen LogP contribution in [0.25, 0.3) is 0 Å². The standard InChI is InChI=1S/C21H40O4/c1-2-3-4-5-6-7-8-12-15-18-21(24)25-19-16-13-10-9-11-14-17-20(22)23/h2-19H2,1H3,(H,22,23). The highest BCUT2D eigenvalue weighted by molar-refractivity contribution is 5.69. The minimum Gasteiger partial charge on any atom is -0.481 e. The number of rotatable bonds is 19. The molecule has 0 aromatic heterocycles. The quantitative estimate of drug-likeness (QED) is 0.219. The molecule has 0 aliphatic heterocycles. The molecule has 148 valence electrons. The second-order valence-electron chi connectivity index (χ2n) is 7.06. The van der Waals surface area contributed by atoms with Gasteiger partial charge in [-0.05, 0) is 19.3 Å². The first-order chi connectivity index (χ1) is 12.2. The van der Waals surface area contributed by atoms with Crippen LogP contribution in [0.4, 0.5) is 0 Å². The number of unbranched alkanes of at least 4 members (excludes halogenated alkanes) is 13. The van der Waals surface area contributed by atoms with Gasteiger partial charge in [-0.15, -0.1) is 0 Å². The van der Waals surface area contributed by atoms with Crippen LogP contribution in [0.5, 0.6) is 0 Å². The molecule has 0 aromatic carbocycles. The maximum absolute atomic E-state index is 11.6. The third-order valence-corrected chi connectivity index (χ3v) is 4.53. The molecule has 0 amide bonds. The van der Waals surface area contributed by atoms with Crippen LogP contribution in [0.2, 0.25) is 0 Å². The van der Waals surface area contributed by atoms with Gasteiger partial charge < -0.3 is 9.84 Å². The van der Waals surface area contributed by atoms with Crippen molar-refractivity contribution in [3.05, 3.63) is 0 Å². The van der Waals surface area contributed by atoms with Gasteiger partial charge in [0, 0.05) is 12.8 Å². The van der Waals surface area contributed by atoms with E-state index in [0.717, 1.165) is 51.4 Å². The Balaban J connectivity index is 3.17. The summed E-state index contributed by atoms with van der Waals surface area (Å²) in [7, 11) is 0. The lowest BCUT2D eigenvalue weighted by Crippen LogP contribution is -2.05. The predicted molar refractivity (Wildman–Crippen MR) is 103 cm³/mol. The number of carboxylic acids is 1. The highest BCUT2D eigenvalue weighted by Crippen LogP contribution is 2.11. The Bertz CT molecular complexity index is 315. The molecule has 0 saturated carbocycles. The molecule has 0 heterocycles. The highest BCUT2D eigenvalue weighted by Gasteiger charge is 2.02. The fraction of sp³-hybridized carbons (Fsp3) is 0.905. The number of carbonyl (C=O) groups is 2. The SMILES string of the molecule is CCCCCCCCCCCC(=O)OCCCCCCCCC(=O)O. The van der Waals surface area contributed by atoms with Gasteiger partial charge in [-0.25, -0.2) is 0 Å². The first-order valence-electron chi connectivity index (χ1n) is 10.5. The van der Waals surface area contributed by atoms with Gasteiger partial charge in [0.15, 0.2) is 0 Å². The van der Waals surface area contributed by atoms with E-state index in [0.29, 0.717) is 13.0 Å². The first-order valence-corrected chi connectivity index (χ1v) is 10.5. The molecule has 4 heteroatoms. The Kier molecular flexibility index (Phi) is 18.5. The van der Waals surface area contributed by atoms with Gasteiger partial charge in [0.2, 0.25) is 0 Å². The van der Waals surface area contributed by atoms with Gasteiger partial charge in [0.25, 0.3) is 0 Å². The first kappa shape index (κ1) is 23.9. The Morgan fingerprint density at radius 1 is 0.640 bits per heavy atom. The van der Waals surface area contributed by atoms with E-state index in [-0.39, 0.29) is 12.4 Å². The van der Waals surface area contributed by atoms with Crippen molar-refractivity contribution < 1.29 is 19.4 Å². The van der Waals surface area contributed by atoms with Crippen molar-refractivity contribution in [1.29, 1.82) is 0 Å². The van der Waals surface area contributed by atoms with E-state index in [1.165, 1.54) is 44.9 Å². The number of ether oxygens (including phenoxy) is 1. The van der Waals surface area contributed by atoms with Crippen LogP contribution >= 0.6 is 0 Å². The average molecular weight is 357 g/mol. The summed E-state index contributed by atoms with van der Waals surface area (Å²) in [6.07, 6.45) is 18.1. The lowest BCUT2D eigenvalue weighted by molar-refractivity contribution is -0.144. The fourth-order valence-electron chi connectivity index (χ4n) is 2.92. The summed E-state index contributed by atoms with van der Waals surface area (Å²) in [5.41, 5.74) is 0. The second-order valence-corrected chi connectivity index (χ2v) is 7.06. The van der Waals surface area contributed by atoms with Gasteiger partial charge in [-0.3, -0.25) is 9.59 Å². The molecule has 0 aliphatic carbocycles. The summed E-state index contributed by atoms with van der Waals surface area (Å²) in [5, 5.41) is 8.53. The van der Waals surface area contributed by atoms with E-state index in [4.69, 9.17) is 9.84 Å². The van der Waals surface area contributed by atoms with E-state index in [1.807, 2.05) is 0 Å². The summed E-state index contributed by atoms with van der Waals surface area (Å²) in [4.78, 5) is 22.0. The fourth-order valence-corrected chi connectivity index (χ4v) is 2.92. The number of hydrogen-bond acceptors (Lipinski definition) is 3. The summed E-state index contributed by atoms with van der Waals surface area (Å²) < 4.78 is 5.26. The largest absolute Gasteiger partial charge is 0.481 e. The molecule has 1 N–H and O–H groups in total. The third-order valence-electron chi connectivity index (χ3n) is 4.53. The number of esters is 1. The van der Waals surface area contributed by atoms with Crippen molar-refractivity contribution in [3.8, 4) is 0 Å². The van der Waals surface area contributed by atoms with Crippen LogP contribution in [0, 0.1) is 0 Å². The van der Waals surface area contributed by atoms with Crippen LogP contribution in [-0.2, 0) is 14.3 Å². The minimum absolute atomic E-state index is 0.0515. The van der Waals surface area contributed by atoms with Gasteiger partial charge >= 0.3 is 11.9 Å². The molecule has 0 atom stereocenters. The number of carbonyl (C=O) groups excluding carboxylic acids is 1. The average Bonchev–Trinajstić information content (AvgIpc) is 2.58. The summed E-state index contributed by atoms with van der Waals surface area (Å²) in [5.74, 6) is -0.761. The third kappa shape index (κ3) is 20.9. The van der Waals surface area contributed by atoms with Crippen molar-refractivity contribution >= 4 is 11.9 Å². The molecular weight excluding hydrogens is 316 g/mol. The molecule has 0 fully saturated rings. The summed E-state index contributed by atoms with van der Waals surface area (Å²) in [6.45, 7) is 2.77. The van der Waals surface area contributed by atoms with Crippen LogP contribution in [0.3, 0.4) is 0 Å². The van der Waals surface area contributed by atoms with Crippen LogP contribution in [0.15, 0.2) is 0 Å². The van der Waals surface area contributed by atoms with Crippen molar-refractivity contribution in [2.24, 2.45) is 0 Å². The smallest absolute Gasteiger partial charge is 0.305 e. The molecule has 0 saturated heterocycles. The second kappa shape index (κ2) is 19.3. The molecule has 0 radical (unpaired) electrons. The predicted octanol–water partition coefficient (Wildman–Crippen LogP) is 6.27. The molecule has 0 aliphatic rings. The Labute approximate surface area is 154 Å². The minimum atomic E-state index is -0.709. The lowest BCUT2D eigenvalue weighted by atomic mass is 10.1. The number of aliphatic carboxylic acids is 1. The van der Waals surface area contributed by atoms with Crippen molar-refractivity contribution in [1.82, 2.24) is 0 Å². The topological polar surface area (TPSA) is 63.6 Å². The van der Waals surface area contributed by atoms with E-state index >= 15 is 0 Å². The maximum Gasteiger partial charge on any atom is 0.305 e. The molecule has 0 rings (SSSR count). The van der Waals surface area contributed by atoms with Crippen LogP contribution in [-0.4, -0.2) is 23.7 Å². The molecular formula is C21H40O4. The van der Waals surface area contributed by atoms with Gasteiger partial charge in [0.1, 0.15) is 0 Å². The zero-order valence-corrected chi connectivity index (χ0v) is 16.4. The summed E-state index contributed by atoms with van der Waals surface area (Å²) >= 11 is 0. The van der Waals surface area contributed by atoms with E-state index in [2.05, 4.69) is 6.92 Å². The molecule has 0 spiro atoms. The Morgan fingerprint density at radius 2 is 1.08 bits per heavy atom. The lowest BCUT2D eigenvalue weighted by Gasteiger charge is -2.05. The molecule has 0 aromatic rings. The van der Waals surface area contributed by atoms with Gasteiger partial charge in [-0.1, -0.05) is 84.0 Å². The van der Waals surface area contributed by atoms with Crippen molar-refractivity contribution in [3.63, 3.8) is 0 Å². The Hall–Kier alpha value is -1.06. The van der Waals surface area contributed by atoms with Crippen LogP contribution in [0.1, 0.15) is 116 Å². The van der Waals surface area contributed by atoms with E-state index in [9.17, 15) is 9.59 Å². The zero-order chi connectivity index (χ0) is 18.6. The molecule has 25 heavy (non-hydrogen) atoms. The van der Waals surface area contributed by atoms with Crippen LogP contribution < -0.4 is 0 Å². The summed E-state index contributed by atoms with van der Waals surface area (Å²) in [6, 6.07) is 0. The van der Waals surface area contributed by atoms with E-state index < -0.39 is 5.97 Å². The van der Waals surface area contributed by atoms with Crippen molar-refractivity contribution in [2.75, 3.05) is 6.61 Å². The monoisotopic (exact) mass is 356 g/mol. The van der Waals surface area contributed by atoms with E-state index in [1.54, 1.807) is 0 Å². The number of carboxylic acid groups (broad SMARTS) is 1. The van der Waals surface area contributed by atoms with Crippen molar-refractivity contribution in [2.45, 2.75) is 116 Å². The molecule has 0 unspecified atom stereocenters. The highest BCUT2D eigenvalue weighted by atomic mass is 16.5.